The van der Waals surface area contributed by atoms with Gasteiger partial charge in [0.25, 0.3) is 5.91 Å². The molecule has 1 aromatic carbocycles. The minimum atomic E-state index is -4.48. The van der Waals surface area contributed by atoms with E-state index in [1.807, 2.05) is 0 Å². The summed E-state index contributed by atoms with van der Waals surface area (Å²) in [6.45, 7) is 2.70. The van der Waals surface area contributed by atoms with Crippen molar-refractivity contribution in [2.75, 3.05) is 6.54 Å². The van der Waals surface area contributed by atoms with Crippen molar-refractivity contribution in [1.82, 2.24) is 5.32 Å². The van der Waals surface area contributed by atoms with Gasteiger partial charge in [0.1, 0.15) is 0 Å². The molecule has 0 radical (unpaired) electrons. The highest BCUT2D eigenvalue weighted by atomic mass is 79.9. The van der Waals surface area contributed by atoms with Crippen molar-refractivity contribution in [3.8, 4) is 0 Å². The average molecular weight is 364 g/mol. The number of carbonyl (C=O) groups is 1. The zero-order valence-corrected chi connectivity index (χ0v) is 13.2. The number of carbonyl (C=O) groups excluding carboxylic acids is 1. The van der Waals surface area contributed by atoms with Gasteiger partial charge in [0, 0.05) is 16.6 Å². The summed E-state index contributed by atoms with van der Waals surface area (Å²) in [5.41, 5.74) is -0.791. The van der Waals surface area contributed by atoms with Crippen LogP contribution in [0.5, 0.6) is 0 Å². The number of hydrogen-bond acceptors (Lipinski definition) is 1. The van der Waals surface area contributed by atoms with Gasteiger partial charge < -0.3 is 5.32 Å². The fourth-order valence-corrected chi connectivity index (χ4v) is 3.20. The highest BCUT2D eigenvalue weighted by Gasteiger charge is 2.33. The van der Waals surface area contributed by atoms with Gasteiger partial charge in [0.15, 0.2) is 0 Å². The van der Waals surface area contributed by atoms with Gasteiger partial charge in [-0.3, -0.25) is 4.79 Å². The van der Waals surface area contributed by atoms with Crippen molar-refractivity contribution in [2.24, 2.45) is 11.8 Å². The minimum absolute atomic E-state index is 0.0385. The Morgan fingerprint density at radius 3 is 2.67 bits per heavy atom. The van der Waals surface area contributed by atoms with Crippen molar-refractivity contribution >= 4 is 21.8 Å². The molecule has 0 heterocycles. The molecule has 0 spiro atoms. The van der Waals surface area contributed by atoms with E-state index in [2.05, 4.69) is 28.2 Å². The maximum absolute atomic E-state index is 12.8. The van der Waals surface area contributed by atoms with Gasteiger partial charge in [-0.05, 0) is 42.9 Å². The zero-order chi connectivity index (χ0) is 15.6. The third-order valence-corrected chi connectivity index (χ3v) is 4.58. The number of amides is 1. The van der Waals surface area contributed by atoms with Gasteiger partial charge >= 0.3 is 6.18 Å². The molecule has 1 aliphatic carbocycles. The number of alkyl halides is 3. The predicted octanol–water partition coefficient (Wildman–Crippen LogP) is 4.63. The van der Waals surface area contributed by atoms with Gasteiger partial charge in [0.2, 0.25) is 0 Å². The lowest BCUT2D eigenvalue weighted by Gasteiger charge is -2.13. The van der Waals surface area contributed by atoms with Gasteiger partial charge in [-0.25, -0.2) is 0 Å². The standard InChI is InChI=1S/C15H17BrF3NO/c1-9-2-3-10(6-9)8-20-14(21)11-4-5-13(16)12(7-11)15(17,18)19/h4-5,7,9-10H,2-3,6,8H2,1H3,(H,20,21). The van der Waals surface area contributed by atoms with E-state index in [-0.39, 0.29) is 10.0 Å². The lowest BCUT2D eigenvalue weighted by molar-refractivity contribution is -0.138. The van der Waals surface area contributed by atoms with E-state index in [1.54, 1.807) is 0 Å². The Morgan fingerprint density at radius 2 is 2.10 bits per heavy atom. The smallest absolute Gasteiger partial charge is 0.352 e. The molecule has 2 atom stereocenters. The molecule has 116 valence electrons. The molecule has 21 heavy (non-hydrogen) atoms. The van der Waals surface area contributed by atoms with Crippen molar-refractivity contribution in [1.29, 1.82) is 0 Å². The van der Waals surface area contributed by atoms with Crippen molar-refractivity contribution in [3.05, 3.63) is 33.8 Å². The van der Waals surface area contributed by atoms with E-state index in [0.717, 1.165) is 25.3 Å². The zero-order valence-electron chi connectivity index (χ0n) is 11.6. The molecule has 1 aliphatic rings. The molecule has 0 aliphatic heterocycles. The van der Waals surface area contributed by atoms with Crippen LogP contribution in [-0.4, -0.2) is 12.5 Å². The Labute approximate surface area is 130 Å². The van der Waals surface area contributed by atoms with E-state index in [0.29, 0.717) is 18.4 Å². The van der Waals surface area contributed by atoms with Crippen molar-refractivity contribution in [2.45, 2.75) is 32.4 Å². The summed E-state index contributed by atoms with van der Waals surface area (Å²) in [5.74, 6) is 0.644. The second-order valence-corrected chi connectivity index (χ2v) is 6.54. The van der Waals surface area contributed by atoms with Crippen LogP contribution >= 0.6 is 15.9 Å². The number of nitrogens with one attached hydrogen (secondary N) is 1. The fourth-order valence-electron chi connectivity index (χ4n) is 2.73. The van der Waals surface area contributed by atoms with Crippen LogP contribution in [0, 0.1) is 11.8 Å². The molecule has 1 aromatic rings. The number of rotatable bonds is 3. The SMILES string of the molecule is CC1CCC(CNC(=O)c2ccc(Br)c(C(F)(F)F)c2)C1. The molecule has 0 saturated heterocycles. The third-order valence-electron chi connectivity index (χ3n) is 3.89. The molecule has 6 heteroatoms. The second-order valence-electron chi connectivity index (χ2n) is 5.69. The van der Waals surface area contributed by atoms with Crippen molar-refractivity contribution in [3.63, 3.8) is 0 Å². The van der Waals surface area contributed by atoms with Crippen LogP contribution in [0.1, 0.15) is 42.1 Å². The third kappa shape index (κ3) is 4.22. The van der Waals surface area contributed by atoms with Gasteiger partial charge in [0.05, 0.1) is 5.56 Å². The van der Waals surface area contributed by atoms with E-state index in [4.69, 9.17) is 0 Å². The van der Waals surface area contributed by atoms with E-state index in [9.17, 15) is 18.0 Å². The summed E-state index contributed by atoms with van der Waals surface area (Å²) in [7, 11) is 0. The van der Waals surface area contributed by atoms with E-state index >= 15 is 0 Å². The van der Waals surface area contributed by atoms with Crippen LogP contribution in [0.3, 0.4) is 0 Å². The number of benzene rings is 1. The normalized spacial score (nSPS) is 22.3. The van der Waals surface area contributed by atoms with Crippen LogP contribution in [0.2, 0.25) is 0 Å². The average Bonchev–Trinajstić information content (AvgIpc) is 2.81. The van der Waals surface area contributed by atoms with Crippen molar-refractivity contribution < 1.29 is 18.0 Å². The molecule has 0 aromatic heterocycles. The molecule has 0 bridgehead atoms. The monoisotopic (exact) mass is 363 g/mol. The predicted molar refractivity (Wildman–Crippen MR) is 78.0 cm³/mol. The highest BCUT2D eigenvalue weighted by Crippen LogP contribution is 2.35. The van der Waals surface area contributed by atoms with Gasteiger partial charge in [-0.2, -0.15) is 13.2 Å². The fraction of sp³-hybridized carbons (Fsp3) is 0.533. The molecule has 1 amide bonds. The van der Waals surface area contributed by atoms with E-state index < -0.39 is 17.6 Å². The lowest BCUT2D eigenvalue weighted by Crippen LogP contribution is -2.28. The van der Waals surface area contributed by atoms with Crippen LogP contribution in [0.15, 0.2) is 22.7 Å². The van der Waals surface area contributed by atoms with Crippen LogP contribution < -0.4 is 5.32 Å². The molecule has 1 fully saturated rings. The summed E-state index contributed by atoms with van der Waals surface area (Å²) < 4.78 is 38.4. The Bertz CT molecular complexity index is 530. The molecule has 1 saturated carbocycles. The number of hydrogen-bond donors (Lipinski definition) is 1. The summed E-state index contributed by atoms with van der Waals surface area (Å²) in [5, 5.41) is 2.74. The second kappa shape index (κ2) is 6.38. The molecule has 1 N–H and O–H groups in total. The molecular formula is C15H17BrF3NO. The van der Waals surface area contributed by atoms with Crippen LogP contribution in [0.25, 0.3) is 0 Å². The summed E-state index contributed by atoms with van der Waals surface area (Å²) in [6.07, 6.45) is -1.20. The quantitative estimate of drug-likeness (QED) is 0.832. The van der Waals surface area contributed by atoms with Crippen LogP contribution in [0.4, 0.5) is 13.2 Å². The Morgan fingerprint density at radius 1 is 1.38 bits per heavy atom. The molecular weight excluding hydrogens is 347 g/mol. The number of halogens is 4. The van der Waals surface area contributed by atoms with Gasteiger partial charge in [-0.15, -0.1) is 0 Å². The first kappa shape index (κ1) is 16.3. The largest absolute Gasteiger partial charge is 0.417 e. The summed E-state index contributed by atoms with van der Waals surface area (Å²) in [6, 6.07) is 3.54. The van der Waals surface area contributed by atoms with Crippen LogP contribution in [-0.2, 0) is 6.18 Å². The first-order valence-electron chi connectivity index (χ1n) is 6.92. The van der Waals surface area contributed by atoms with E-state index in [1.165, 1.54) is 12.1 Å². The first-order valence-corrected chi connectivity index (χ1v) is 7.71. The molecule has 2 nitrogen and oxygen atoms in total. The maximum Gasteiger partial charge on any atom is 0.417 e. The molecule has 2 unspecified atom stereocenters. The minimum Gasteiger partial charge on any atom is -0.352 e. The maximum atomic E-state index is 12.8. The van der Waals surface area contributed by atoms with Gasteiger partial charge in [-0.1, -0.05) is 29.3 Å². The topological polar surface area (TPSA) is 29.1 Å². The lowest BCUT2D eigenvalue weighted by atomic mass is 10.1. The Kier molecular flexibility index (Phi) is 4.96. The first-order chi connectivity index (χ1) is 9.77. The summed E-state index contributed by atoms with van der Waals surface area (Å²) in [4.78, 5) is 12.0. The Balaban J connectivity index is 2.02. The molecule has 2 rings (SSSR count). The summed E-state index contributed by atoms with van der Waals surface area (Å²) >= 11 is 2.86. The Hall–Kier alpha value is -1.04. The highest BCUT2D eigenvalue weighted by molar-refractivity contribution is 9.10.